The number of nitrogens with zero attached hydrogens (tertiary/aromatic N) is 6. The number of amides is 1. The first-order valence-electron chi connectivity index (χ1n) is 13.2. The van der Waals surface area contributed by atoms with Crippen LogP contribution in [0.15, 0.2) is 54.7 Å². The van der Waals surface area contributed by atoms with Gasteiger partial charge >= 0.3 is 0 Å². The van der Waals surface area contributed by atoms with Gasteiger partial charge in [0.2, 0.25) is 0 Å². The maximum absolute atomic E-state index is 13.6. The summed E-state index contributed by atoms with van der Waals surface area (Å²) in [6, 6.07) is 17.9. The Morgan fingerprint density at radius 1 is 0.921 bits per heavy atom. The molecule has 0 unspecified atom stereocenters. The van der Waals surface area contributed by atoms with Crippen molar-refractivity contribution in [2.75, 3.05) is 62.2 Å². The van der Waals surface area contributed by atoms with Gasteiger partial charge < -0.3 is 14.7 Å². The fourth-order valence-corrected chi connectivity index (χ4v) is 5.67. The first-order chi connectivity index (χ1) is 18.4. The van der Waals surface area contributed by atoms with Crippen LogP contribution in [0.3, 0.4) is 0 Å². The minimum absolute atomic E-state index is 0.0894. The zero-order chi connectivity index (χ0) is 26.6. The van der Waals surface area contributed by atoms with Crippen LogP contribution >= 0.6 is 11.6 Å². The van der Waals surface area contributed by atoms with Crippen molar-refractivity contribution in [1.29, 1.82) is 5.26 Å². The topological polar surface area (TPSA) is 66.7 Å². The van der Waals surface area contributed by atoms with Gasteiger partial charge in [0.1, 0.15) is 11.9 Å². The number of hydrogen-bond donors (Lipinski definition) is 0. The molecule has 2 aliphatic heterocycles. The predicted octanol–water partition coefficient (Wildman–Crippen LogP) is 4.51. The van der Waals surface area contributed by atoms with Gasteiger partial charge in [-0.3, -0.25) is 9.69 Å². The summed E-state index contributed by atoms with van der Waals surface area (Å²) in [7, 11) is 0. The van der Waals surface area contributed by atoms with Crippen molar-refractivity contribution in [1.82, 2.24) is 14.8 Å². The molecule has 0 spiro atoms. The molecule has 0 atom stereocenters. The number of nitriles is 1. The minimum atomic E-state index is 0.0894. The number of anilines is 2. The van der Waals surface area contributed by atoms with E-state index in [0.29, 0.717) is 36.8 Å². The molecule has 2 fully saturated rings. The number of aromatic nitrogens is 1. The zero-order valence-corrected chi connectivity index (χ0v) is 22.8. The third-order valence-corrected chi connectivity index (χ3v) is 7.95. The predicted molar refractivity (Wildman–Crippen MR) is 152 cm³/mol. The van der Waals surface area contributed by atoms with E-state index >= 15 is 0 Å². The molecule has 5 rings (SSSR count). The van der Waals surface area contributed by atoms with Gasteiger partial charge in [0.25, 0.3) is 5.91 Å². The number of piperazine rings is 2. The first kappa shape index (κ1) is 26.0. The number of para-hydroxylation sites is 1. The number of carbonyl (C=O) groups excluding carboxylic acids is 1. The second kappa shape index (κ2) is 11.4. The average Bonchev–Trinajstić information content (AvgIpc) is 2.95. The molecule has 0 saturated carbocycles. The van der Waals surface area contributed by atoms with Crippen LogP contribution in [-0.4, -0.2) is 73.0 Å². The highest BCUT2D eigenvalue weighted by Gasteiger charge is 2.26. The van der Waals surface area contributed by atoms with E-state index in [9.17, 15) is 10.1 Å². The molecule has 0 N–H and O–H groups in total. The molecule has 8 heteroatoms. The maximum atomic E-state index is 13.6. The van der Waals surface area contributed by atoms with Gasteiger partial charge in [0.05, 0.1) is 16.3 Å². The number of benzene rings is 2. The average molecular weight is 529 g/mol. The molecule has 2 aliphatic rings. The summed E-state index contributed by atoms with van der Waals surface area (Å²) in [5.74, 6) is 0.941. The standard InChI is InChI=1S/C30H33ClN6O/c1-22-18-23(2)26(30(38)37-16-14-35(15-17-37)28-8-4-3-6-24(28)20-32)19-25(22)21-34-10-12-36(13-11-34)29-27(31)7-5-9-33-29/h3-9,18-19H,10-17,21H2,1-2H3. The Kier molecular flexibility index (Phi) is 7.82. The van der Waals surface area contributed by atoms with Crippen LogP contribution in [-0.2, 0) is 6.54 Å². The van der Waals surface area contributed by atoms with E-state index in [2.05, 4.69) is 44.8 Å². The van der Waals surface area contributed by atoms with Crippen LogP contribution in [0.25, 0.3) is 0 Å². The summed E-state index contributed by atoms with van der Waals surface area (Å²) < 4.78 is 0. The molecular formula is C30H33ClN6O. The molecule has 0 aliphatic carbocycles. The van der Waals surface area contributed by atoms with E-state index < -0.39 is 0 Å². The van der Waals surface area contributed by atoms with Crippen LogP contribution in [0, 0.1) is 25.2 Å². The Hall–Kier alpha value is -3.60. The maximum Gasteiger partial charge on any atom is 0.254 e. The van der Waals surface area contributed by atoms with Gasteiger partial charge in [-0.15, -0.1) is 0 Å². The van der Waals surface area contributed by atoms with Crippen molar-refractivity contribution in [2.24, 2.45) is 0 Å². The third kappa shape index (κ3) is 5.47. The number of rotatable bonds is 5. The van der Waals surface area contributed by atoms with Crippen molar-refractivity contribution >= 4 is 29.0 Å². The highest BCUT2D eigenvalue weighted by molar-refractivity contribution is 6.32. The van der Waals surface area contributed by atoms with E-state index in [-0.39, 0.29) is 5.91 Å². The lowest BCUT2D eigenvalue weighted by Gasteiger charge is -2.37. The molecule has 2 saturated heterocycles. The lowest BCUT2D eigenvalue weighted by Crippen LogP contribution is -2.49. The molecule has 3 heterocycles. The summed E-state index contributed by atoms with van der Waals surface area (Å²) in [5, 5.41) is 10.1. The van der Waals surface area contributed by atoms with Crippen molar-refractivity contribution in [2.45, 2.75) is 20.4 Å². The minimum Gasteiger partial charge on any atom is -0.367 e. The highest BCUT2D eigenvalue weighted by atomic mass is 35.5. The van der Waals surface area contributed by atoms with Crippen LogP contribution in [0.4, 0.5) is 11.5 Å². The molecule has 7 nitrogen and oxygen atoms in total. The van der Waals surface area contributed by atoms with Crippen molar-refractivity contribution < 1.29 is 4.79 Å². The molecule has 1 amide bonds. The molecular weight excluding hydrogens is 496 g/mol. The molecule has 1 aromatic heterocycles. The smallest absolute Gasteiger partial charge is 0.254 e. The number of halogens is 1. The lowest BCUT2D eigenvalue weighted by molar-refractivity contribution is 0.0746. The SMILES string of the molecule is Cc1cc(C)c(C(=O)N2CCN(c3ccccc3C#N)CC2)cc1CN1CCN(c2ncccc2Cl)CC1. The molecule has 196 valence electrons. The van der Waals surface area contributed by atoms with Gasteiger partial charge in [-0.1, -0.05) is 29.8 Å². The van der Waals surface area contributed by atoms with Crippen molar-refractivity contribution in [3.63, 3.8) is 0 Å². The second-order valence-corrected chi connectivity index (χ2v) is 10.5. The van der Waals surface area contributed by atoms with Gasteiger partial charge in [0, 0.05) is 70.7 Å². The van der Waals surface area contributed by atoms with Gasteiger partial charge in [-0.25, -0.2) is 4.98 Å². The number of carbonyl (C=O) groups is 1. The third-order valence-electron chi connectivity index (χ3n) is 7.65. The molecule has 0 bridgehead atoms. The van der Waals surface area contributed by atoms with E-state index in [1.165, 1.54) is 11.1 Å². The molecule has 38 heavy (non-hydrogen) atoms. The van der Waals surface area contributed by atoms with Crippen LogP contribution < -0.4 is 9.80 Å². The Bertz CT molecular complexity index is 1350. The zero-order valence-electron chi connectivity index (χ0n) is 22.0. The fourth-order valence-electron chi connectivity index (χ4n) is 5.43. The number of hydrogen-bond acceptors (Lipinski definition) is 6. The fraction of sp³-hybridized carbons (Fsp3) is 0.367. The lowest BCUT2D eigenvalue weighted by atomic mass is 9.98. The van der Waals surface area contributed by atoms with Crippen molar-refractivity contribution in [3.8, 4) is 6.07 Å². The molecule has 0 radical (unpaired) electrons. The van der Waals surface area contributed by atoms with Crippen LogP contribution in [0.1, 0.15) is 32.6 Å². The number of aryl methyl sites for hydroxylation is 2. The summed E-state index contributed by atoms with van der Waals surface area (Å²) >= 11 is 6.35. The van der Waals surface area contributed by atoms with E-state index in [4.69, 9.17) is 11.6 Å². The Morgan fingerprint density at radius 2 is 1.63 bits per heavy atom. The Labute approximate surface area is 229 Å². The van der Waals surface area contributed by atoms with Gasteiger partial charge in [-0.05, 0) is 60.9 Å². The quantitative estimate of drug-likeness (QED) is 0.485. The Morgan fingerprint density at radius 3 is 2.34 bits per heavy atom. The van der Waals surface area contributed by atoms with Gasteiger partial charge in [0.15, 0.2) is 0 Å². The monoisotopic (exact) mass is 528 g/mol. The van der Waals surface area contributed by atoms with E-state index in [0.717, 1.165) is 55.4 Å². The van der Waals surface area contributed by atoms with Gasteiger partial charge in [-0.2, -0.15) is 5.26 Å². The Balaban J connectivity index is 1.23. The van der Waals surface area contributed by atoms with Crippen LogP contribution in [0.2, 0.25) is 5.02 Å². The highest BCUT2D eigenvalue weighted by Crippen LogP contribution is 2.26. The summed E-state index contributed by atoms with van der Waals surface area (Å²) in [6.45, 7) is 11.2. The molecule has 2 aromatic carbocycles. The van der Waals surface area contributed by atoms with Crippen molar-refractivity contribution in [3.05, 3.63) is 87.6 Å². The second-order valence-electron chi connectivity index (χ2n) is 10.1. The molecule has 3 aromatic rings. The summed E-state index contributed by atoms with van der Waals surface area (Å²) in [6.07, 6.45) is 1.78. The summed E-state index contributed by atoms with van der Waals surface area (Å²) in [4.78, 5) is 26.9. The van der Waals surface area contributed by atoms with Crippen LogP contribution in [0.5, 0.6) is 0 Å². The van der Waals surface area contributed by atoms with E-state index in [1.54, 1.807) is 6.20 Å². The first-order valence-corrected chi connectivity index (χ1v) is 13.5. The largest absolute Gasteiger partial charge is 0.367 e. The number of pyridine rings is 1. The summed E-state index contributed by atoms with van der Waals surface area (Å²) in [5.41, 5.74) is 5.84. The normalized spacial score (nSPS) is 16.4. The van der Waals surface area contributed by atoms with E-state index in [1.807, 2.05) is 48.2 Å².